The van der Waals surface area contributed by atoms with Gasteiger partial charge in [0, 0.05) is 12.4 Å². The molecule has 3 N–H and O–H groups in total. The highest BCUT2D eigenvalue weighted by atomic mass is 32.1. The zero-order valence-electron chi connectivity index (χ0n) is 13.1. The molecular formula is C15H22BN4OS. The van der Waals surface area contributed by atoms with Gasteiger partial charge in [-0.2, -0.15) is 0 Å². The van der Waals surface area contributed by atoms with Crippen LogP contribution in [0, 0.1) is 5.92 Å². The van der Waals surface area contributed by atoms with Crippen LogP contribution >= 0.6 is 11.3 Å². The van der Waals surface area contributed by atoms with Gasteiger partial charge in [-0.05, 0) is 38.0 Å². The molecule has 1 amide bonds. The van der Waals surface area contributed by atoms with Crippen LogP contribution in [0.4, 0.5) is 5.13 Å². The zero-order valence-corrected chi connectivity index (χ0v) is 13.9. The van der Waals surface area contributed by atoms with Crippen LogP contribution in [0.25, 0.3) is 0 Å². The molecule has 22 heavy (non-hydrogen) atoms. The van der Waals surface area contributed by atoms with Crippen LogP contribution in [0.15, 0.2) is 22.5 Å². The average molecular weight is 317 g/mol. The van der Waals surface area contributed by atoms with Crippen LogP contribution in [0.1, 0.15) is 31.9 Å². The van der Waals surface area contributed by atoms with Crippen molar-refractivity contribution in [1.29, 1.82) is 0 Å². The Morgan fingerprint density at radius 1 is 1.64 bits per heavy atom. The molecule has 1 radical (unpaired) electrons. The predicted octanol–water partition coefficient (Wildman–Crippen LogP) is 2.09. The van der Waals surface area contributed by atoms with E-state index in [1.165, 1.54) is 16.9 Å². The number of hydrogen-bond acceptors (Lipinski definition) is 5. The van der Waals surface area contributed by atoms with E-state index in [2.05, 4.69) is 36.1 Å². The van der Waals surface area contributed by atoms with Crippen molar-refractivity contribution < 1.29 is 4.79 Å². The minimum absolute atomic E-state index is 0.0987. The first kappa shape index (κ1) is 16.7. The molecule has 7 heteroatoms. The molecule has 0 saturated carbocycles. The molecule has 2 atom stereocenters. The maximum Gasteiger partial charge on any atom is 0.271 e. The lowest BCUT2D eigenvalue weighted by Gasteiger charge is -2.28. The first-order chi connectivity index (χ1) is 10.5. The Morgan fingerprint density at radius 3 is 2.91 bits per heavy atom. The quantitative estimate of drug-likeness (QED) is 0.496. The average Bonchev–Trinajstić information content (AvgIpc) is 2.87. The Morgan fingerprint density at radius 2 is 2.41 bits per heavy atom. The van der Waals surface area contributed by atoms with Crippen molar-refractivity contribution in [2.24, 2.45) is 10.9 Å². The highest BCUT2D eigenvalue weighted by molar-refractivity contribution is 7.13. The third kappa shape index (κ3) is 4.43. The van der Waals surface area contributed by atoms with Gasteiger partial charge in [0.2, 0.25) is 0 Å². The summed E-state index contributed by atoms with van der Waals surface area (Å²) in [6, 6.07) is 0. The number of nitrogen functional groups attached to an aromatic ring is 1. The number of thiazole rings is 1. The lowest BCUT2D eigenvalue weighted by Crippen LogP contribution is -2.45. The van der Waals surface area contributed by atoms with Gasteiger partial charge in [0.15, 0.2) is 5.13 Å². The fourth-order valence-corrected chi connectivity index (χ4v) is 3.33. The molecule has 0 unspecified atom stereocenters. The van der Waals surface area contributed by atoms with Gasteiger partial charge in [0.05, 0.1) is 0 Å². The Labute approximate surface area is 136 Å². The van der Waals surface area contributed by atoms with Crippen molar-refractivity contribution in [2.75, 3.05) is 12.8 Å². The Bertz CT molecular complexity index is 576. The molecule has 1 aromatic rings. The van der Waals surface area contributed by atoms with Crippen molar-refractivity contribution in [1.82, 2.24) is 10.3 Å². The number of nitrogens with one attached hydrogen (secondary N) is 1. The predicted molar refractivity (Wildman–Crippen MR) is 93.6 cm³/mol. The van der Waals surface area contributed by atoms with Crippen LogP contribution in [-0.4, -0.2) is 36.9 Å². The summed E-state index contributed by atoms with van der Waals surface area (Å²) in [5, 5.41) is 5.22. The van der Waals surface area contributed by atoms with E-state index >= 15 is 0 Å². The van der Waals surface area contributed by atoms with Crippen molar-refractivity contribution >= 4 is 35.4 Å². The molecule has 2 heterocycles. The summed E-state index contributed by atoms with van der Waals surface area (Å²) in [4.78, 5) is 20.5. The molecule has 5 nitrogen and oxygen atoms in total. The number of anilines is 1. The first-order valence-corrected chi connectivity index (χ1v) is 8.34. The van der Waals surface area contributed by atoms with E-state index in [-0.39, 0.29) is 11.8 Å². The molecular weight excluding hydrogens is 295 g/mol. The van der Waals surface area contributed by atoms with Crippen LogP contribution in [0.2, 0.25) is 6.32 Å². The maximum absolute atomic E-state index is 12.4. The van der Waals surface area contributed by atoms with Gasteiger partial charge in [-0.25, -0.2) is 4.98 Å². The number of amides is 1. The van der Waals surface area contributed by atoms with Crippen molar-refractivity contribution in [3.05, 3.63) is 23.2 Å². The number of hydrogen-bond donors (Lipinski definition) is 2. The van der Waals surface area contributed by atoms with E-state index in [0.29, 0.717) is 22.5 Å². The van der Waals surface area contributed by atoms with Gasteiger partial charge in [0.1, 0.15) is 18.7 Å². The number of carbonyl (C=O) groups is 1. The summed E-state index contributed by atoms with van der Waals surface area (Å²) in [6.07, 6.45) is 4.15. The highest BCUT2D eigenvalue weighted by Gasteiger charge is 2.25. The Hall–Kier alpha value is -1.63. The van der Waals surface area contributed by atoms with Crippen molar-refractivity contribution in [2.45, 2.75) is 38.4 Å². The summed E-state index contributed by atoms with van der Waals surface area (Å²) in [7, 11) is 3.79. The molecule has 0 aliphatic carbocycles. The van der Waals surface area contributed by atoms with E-state index in [4.69, 9.17) is 5.73 Å². The van der Waals surface area contributed by atoms with Crippen LogP contribution in [0.3, 0.4) is 0 Å². The minimum Gasteiger partial charge on any atom is -0.375 e. The van der Waals surface area contributed by atoms with E-state index in [9.17, 15) is 4.79 Å². The summed E-state index contributed by atoms with van der Waals surface area (Å²) >= 11 is 1.31. The van der Waals surface area contributed by atoms with E-state index in [1.807, 2.05) is 0 Å². The molecule has 2 rings (SSSR count). The number of allylic oxidation sites excluding steroid dienone is 1. The second-order valence-corrected chi connectivity index (χ2v) is 6.69. The number of aliphatic imine (C=N–C) groups is 1. The van der Waals surface area contributed by atoms with E-state index in [0.717, 1.165) is 25.6 Å². The van der Waals surface area contributed by atoms with Gasteiger partial charge in [0.25, 0.3) is 5.91 Å². The fraction of sp³-hybridized carbons (Fsp3) is 0.533. The van der Waals surface area contributed by atoms with Crippen LogP contribution < -0.4 is 11.1 Å². The van der Waals surface area contributed by atoms with E-state index < -0.39 is 0 Å². The molecule has 117 valence electrons. The summed E-state index contributed by atoms with van der Waals surface area (Å²) in [5.41, 5.74) is 7.72. The monoisotopic (exact) mass is 317 g/mol. The van der Waals surface area contributed by atoms with Gasteiger partial charge >= 0.3 is 0 Å². The summed E-state index contributed by atoms with van der Waals surface area (Å²) < 4.78 is 0. The van der Waals surface area contributed by atoms with Crippen molar-refractivity contribution in [3.8, 4) is 0 Å². The lowest BCUT2D eigenvalue weighted by molar-refractivity contribution is -0.115. The summed E-state index contributed by atoms with van der Waals surface area (Å²) in [6.45, 7) is 6.04. The minimum atomic E-state index is -0.188. The van der Waals surface area contributed by atoms with Gasteiger partial charge in [-0.15, -0.1) is 17.9 Å². The second-order valence-electron chi connectivity index (χ2n) is 5.80. The number of aromatic nitrogens is 1. The Kier molecular flexibility index (Phi) is 5.77. The zero-order chi connectivity index (χ0) is 16.1. The fourth-order valence-electron chi connectivity index (χ4n) is 2.78. The highest BCUT2D eigenvalue weighted by Crippen LogP contribution is 2.25. The second kappa shape index (κ2) is 7.58. The first-order valence-electron chi connectivity index (χ1n) is 7.46. The van der Waals surface area contributed by atoms with E-state index in [1.54, 1.807) is 12.4 Å². The molecule has 1 fully saturated rings. The normalized spacial score (nSPS) is 22.0. The number of carbonyl (C=O) groups excluding carboxylic acids is 1. The molecule has 0 spiro atoms. The number of rotatable bonds is 5. The van der Waals surface area contributed by atoms with Gasteiger partial charge in [-0.1, -0.05) is 11.9 Å². The molecule has 1 aliphatic heterocycles. The molecule has 0 bridgehead atoms. The maximum atomic E-state index is 12.4. The SMILES string of the molecule is C=C(C)C[C@H]1C[B][C@@H](NC(=O)C(=NC)c2csc(N)n2)CC1. The van der Waals surface area contributed by atoms with Crippen LogP contribution in [0.5, 0.6) is 0 Å². The smallest absolute Gasteiger partial charge is 0.271 e. The molecule has 1 saturated heterocycles. The van der Waals surface area contributed by atoms with Gasteiger partial charge < -0.3 is 11.1 Å². The van der Waals surface area contributed by atoms with Crippen molar-refractivity contribution in [3.63, 3.8) is 0 Å². The Balaban J connectivity index is 1.88. The lowest BCUT2D eigenvalue weighted by atomic mass is 9.55. The number of nitrogens with zero attached hydrogens (tertiary/aromatic N) is 2. The number of nitrogens with two attached hydrogens (primary N) is 1. The molecule has 0 aromatic carbocycles. The van der Waals surface area contributed by atoms with Gasteiger partial charge in [-0.3, -0.25) is 9.79 Å². The van der Waals surface area contributed by atoms with Crippen LogP contribution in [-0.2, 0) is 4.79 Å². The largest absolute Gasteiger partial charge is 0.375 e. The third-order valence-corrected chi connectivity index (χ3v) is 4.47. The summed E-state index contributed by atoms with van der Waals surface area (Å²) in [5.74, 6) is 0.567. The standard InChI is InChI=1S/C15H22BN4OS/c1-9(2)6-10-4-5-12(16-7-10)20-14(21)13(18-3)11-8-22-15(17)19-11/h8,10,12H,1,4-7H2,2-3H3,(H2,17,19)(H,20,21)/t10-,12-/m0/s1. The topological polar surface area (TPSA) is 80.4 Å². The molecule has 1 aromatic heterocycles. The molecule has 1 aliphatic rings. The third-order valence-electron chi connectivity index (χ3n) is 3.80.